The molecule has 0 saturated heterocycles. The van der Waals surface area contributed by atoms with E-state index in [1.165, 1.54) is 12.1 Å². The first-order chi connectivity index (χ1) is 14.6. The van der Waals surface area contributed by atoms with Crippen LogP contribution < -0.4 is 0 Å². The molecule has 0 spiro atoms. The Labute approximate surface area is 176 Å². The van der Waals surface area contributed by atoms with E-state index in [2.05, 4.69) is 4.74 Å². The van der Waals surface area contributed by atoms with Gasteiger partial charge in [-0.15, -0.1) is 0 Å². The maximum absolute atomic E-state index is 12.6. The molecule has 0 unspecified atom stereocenters. The Morgan fingerprint density at radius 3 is 1.42 bits per heavy atom. The van der Waals surface area contributed by atoms with E-state index >= 15 is 0 Å². The molecule has 0 radical (unpaired) electrons. The van der Waals surface area contributed by atoms with E-state index in [0.29, 0.717) is 0 Å². The summed E-state index contributed by atoms with van der Waals surface area (Å²) in [7, 11) is -0.587. The lowest BCUT2D eigenvalue weighted by Crippen LogP contribution is -2.45. The lowest BCUT2D eigenvalue weighted by molar-refractivity contribution is -0.307. The van der Waals surface area contributed by atoms with Crippen LogP contribution in [0.4, 0.5) is 26.3 Å². The number of alkyl halides is 6. The zero-order valence-corrected chi connectivity index (χ0v) is 16.5. The highest BCUT2D eigenvalue weighted by atomic mass is 32.2. The van der Waals surface area contributed by atoms with Crippen molar-refractivity contribution in [2.45, 2.75) is 33.1 Å². The molecule has 0 heterocycles. The summed E-state index contributed by atoms with van der Waals surface area (Å²) in [6.45, 7) is 0. The Bertz CT molecular complexity index is 949. The second kappa shape index (κ2) is 9.05. The van der Waals surface area contributed by atoms with Crippen molar-refractivity contribution >= 4 is 16.9 Å². The van der Waals surface area contributed by atoms with Crippen molar-refractivity contribution in [1.29, 1.82) is 0 Å². The van der Waals surface area contributed by atoms with Gasteiger partial charge in [-0.1, -0.05) is 36.4 Å². The highest BCUT2D eigenvalue weighted by molar-refractivity contribution is 7.97. The van der Waals surface area contributed by atoms with Crippen LogP contribution in [-0.2, 0) is 15.6 Å². The van der Waals surface area contributed by atoms with Crippen molar-refractivity contribution < 1.29 is 35.9 Å². The van der Waals surface area contributed by atoms with Crippen LogP contribution in [0.3, 0.4) is 0 Å². The van der Waals surface area contributed by atoms with Crippen molar-refractivity contribution in [3.05, 3.63) is 90.5 Å². The van der Waals surface area contributed by atoms with Crippen molar-refractivity contribution in [3.63, 3.8) is 0 Å². The highest BCUT2D eigenvalue weighted by Crippen LogP contribution is 2.36. The fourth-order valence-corrected chi connectivity index (χ4v) is 4.83. The third-order valence-electron chi connectivity index (χ3n) is 4.10. The zero-order valence-electron chi connectivity index (χ0n) is 15.7. The Balaban J connectivity index is 1.89. The Morgan fingerprint density at radius 2 is 1.03 bits per heavy atom. The number of halogens is 6. The van der Waals surface area contributed by atoms with E-state index in [9.17, 15) is 31.1 Å². The largest absolute Gasteiger partial charge is 0.439 e. The molecule has 162 valence electrons. The summed E-state index contributed by atoms with van der Waals surface area (Å²) < 4.78 is 79.6. The Hall–Kier alpha value is -2.94. The molecule has 0 aromatic heterocycles. The second-order valence-electron chi connectivity index (χ2n) is 6.33. The molecule has 31 heavy (non-hydrogen) atoms. The number of hydrogen-bond acceptors (Lipinski definition) is 2. The molecule has 3 aromatic carbocycles. The maximum atomic E-state index is 12.6. The van der Waals surface area contributed by atoms with Gasteiger partial charge in [-0.2, -0.15) is 26.3 Å². The fraction of sp³-hybridized carbons (Fsp3) is 0.136. The molecule has 0 aliphatic carbocycles. The van der Waals surface area contributed by atoms with E-state index in [0.717, 1.165) is 26.8 Å². The smallest absolute Gasteiger partial charge is 0.434 e. The van der Waals surface area contributed by atoms with Gasteiger partial charge < -0.3 is 4.74 Å². The molecule has 2 nitrogen and oxygen atoms in total. The number of rotatable bonds is 5. The van der Waals surface area contributed by atoms with Crippen LogP contribution >= 0.6 is 0 Å². The van der Waals surface area contributed by atoms with Crippen LogP contribution in [0, 0.1) is 0 Å². The van der Waals surface area contributed by atoms with Gasteiger partial charge in [0.25, 0.3) is 6.10 Å². The first-order valence-corrected chi connectivity index (χ1v) is 10.1. The predicted octanol–water partition coefficient (Wildman–Crippen LogP) is 6.43. The van der Waals surface area contributed by atoms with E-state index in [4.69, 9.17) is 0 Å². The first kappa shape index (κ1) is 22.7. The highest BCUT2D eigenvalue weighted by Gasteiger charge is 2.60. The molecule has 0 aliphatic rings. The average molecular weight is 457 g/mol. The minimum atomic E-state index is -5.76. The molecular weight excluding hydrogens is 442 g/mol. The van der Waals surface area contributed by atoms with Crippen LogP contribution in [0.5, 0.6) is 0 Å². The summed E-state index contributed by atoms with van der Waals surface area (Å²) in [4.78, 5) is 14.6. The predicted molar refractivity (Wildman–Crippen MR) is 103 cm³/mol. The Kier molecular flexibility index (Phi) is 6.64. The number of hydrogen-bond donors (Lipinski definition) is 0. The van der Waals surface area contributed by atoms with Crippen LogP contribution in [0.2, 0.25) is 0 Å². The third-order valence-corrected chi connectivity index (χ3v) is 6.33. The lowest BCUT2D eigenvalue weighted by Gasteiger charge is -2.22. The fourth-order valence-electron chi connectivity index (χ4n) is 2.74. The molecule has 0 aliphatic heterocycles. The summed E-state index contributed by atoms with van der Waals surface area (Å²) in [6.07, 6.45) is -15.7. The molecule has 3 rings (SSSR count). The summed E-state index contributed by atoms with van der Waals surface area (Å²) in [5.41, 5.74) is -0.410. The zero-order chi connectivity index (χ0) is 22.6. The number of carbonyl (C=O) groups excluding carboxylic acids is 1. The summed E-state index contributed by atoms with van der Waals surface area (Å²) in [6, 6.07) is 24.1. The van der Waals surface area contributed by atoms with Gasteiger partial charge in [0.2, 0.25) is 0 Å². The maximum Gasteiger partial charge on any atom is 0.434 e. The average Bonchev–Trinajstić information content (AvgIpc) is 2.72. The topological polar surface area (TPSA) is 26.3 Å². The number of benzene rings is 3. The molecule has 0 atom stereocenters. The van der Waals surface area contributed by atoms with Gasteiger partial charge in [-0.25, -0.2) is 4.79 Å². The molecule has 0 bridgehead atoms. The van der Waals surface area contributed by atoms with Crippen molar-refractivity contribution in [2.75, 3.05) is 0 Å². The van der Waals surface area contributed by atoms with Crippen LogP contribution in [0.25, 0.3) is 0 Å². The molecule has 0 fully saturated rings. The standard InChI is InChI=1S/C22H15F6O2S/c23-21(24,25)20(22(26,27)28)30-19(29)15-11-13-18(14-12-15)31(16-7-3-1-4-8-16)17-9-5-2-6-10-17/h1-14,20H/q+1. The van der Waals surface area contributed by atoms with Gasteiger partial charge in [0, 0.05) is 0 Å². The van der Waals surface area contributed by atoms with Crippen LogP contribution in [-0.4, -0.2) is 24.4 Å². The minimum absolute atomic E-state index is 0.410. The van der Waals surface area contributed by atoms with E-state index in [1.54, 1.807) is 0 Å². The van der Waals surface area contributed by atoms with Gasteiger partial charge >= 0.3 is 18.3 Å². The van der Waals surface area contributed by atoms with Crippen molar-refractivity contribution in [3.8, 4) is 0 Å². The third kappa shape index (κ3) is 5.61. The SMILES string of the molecule is O=C(OC(C(F)(F)F)C(F)(F)F)c1ccc([S+](c2ccccc2)c2ccccc2)cc1. The van der Waals surface area contributed by atoms with Gasteiger partial charge in [-0.3, -0.25) is 0 Å². The summed E-state index contributed by atoms with van der Waals surface area (Å²) in [5, 5.41) is 0. The van der Waals surface area contributed by atoms with Gasteiger partial charge in [0.15, 0.2) is 14.7 Å². The van der Waals surface area contributed by atoms with Crippen molar-refractivity contribution in [2.24, 2.45) is 0 Å². The molecule has 0 saturated carbocycles. The van der Waals surface area contributed by atoms with Crippen LogP contribution in [0.1, 0.15) is 10.4 Å². The van der Waals surface area contributed by atoms with E-state index in [1.807, 2.05) is 60.7 Å². The normalized spacial score (nSPS) is 12.3. The molecule has 0 N–H and O–H groups in total. The number of ether oxygens (including phenoxy) is 1. The first-order valence-electron chi connectivity index (χ1n) is 8.86. The molecule has 3 aromatic rings. The molecular formula is C22H15F6O2S+. The number of carbonyl (C=O) groups is 1. The Morgan fingerprint density at radius 1 is 0.645 bits per heavy atom. The van der Waals surface area contributed by atoms with Crippen LogP contribution in [0.15, 0.2) is 99.6 Å². The number of esters is 1. The summed E-state index contributed by atoms with van der Waals surface area (Å²) in [5.74, 6) is -1.70. The minimum Gasteiger partial charge on any atom is -0.439 e. The van der Waals surface area contributed by atoms with E-state index in [-0.39, 0.29) is 0 Å². The van der Waals surface area contributed by atoms with E-state index < -0.39 is 40.9 Å². The quantitative estimate of drug-likeness (QED) is 0.251. The molecule has 0 amide bonds. The monoisotopic (exact) mass is 457 g/mol. The lowest BCUT2D eigenvalue weighted by atomic mass is 10.2. The second-order valence-corrected chi connectivity index (χ2v) is 8.35. The van der Waals surface area contributed by atoms with Crippen molar-refractivity contribution in [1.82, 2.24) is 0 Å². The van der Waals surface area contributed by atoms with Gasteiger partial charge in [0.05, 0.1) is 16.5 Å². The van der Waals surface area contributed by atoms with Gasteiger partial charge in [0.1, 0.15) is 0 Å². The summed E-state index contributed by atoms with van der Waals surface area (Å²) >= 11 is 0. The molecule has 9 heteroatoms. The van der Waals surface area contributed by atoms with Gasteiger partial charge in [-0.05, 0) is 48.5 Å².